The highest BCUT2D eigenvalue weighted by Crippen LogP contribution is 2.31. The second kappa shape index (κ2) is 13.0. The molecule has 3 heteroatoms. The van der Waals surface area contributed by atoms with E-state index in [4.69, 9.17) is 15.9 Å². The lowest BCUT2D eigenvalue weighted by atomic mass is 9.87. The van der Waals surface area contributed by atoms with E-state index in [0.717, 1.165) is 24.3 Å². The van der Waals surface area contributed by atoms with Crippen molar-refractivity contribution in [3.05, 3.63) is 59.7 Å². The summed E-state index contributed by atoms with van der Waals surface area (Å²) in [6.45, 7) is 5.81. The maximum absolute atomic E-state index is 11.2. The fraction of sp³-hybridized carbons (Fsp3) is 0.481. The zero-order valence-corrected chi connectivity index (χ0v) is 18.5. The van der Waals surface area contributed by atoms with Crippen molar-refractivity contribution >= 4 is 0 Å². The minimum absolute atomic E-state index is 0.650. The molecule has 0 fully saturated rings. The van der Waals surface area contributed by atoms with Gasteiger partial charge in [0.05, 0.1) is 13.2 Å². The summed E-state index contributed by atoms with van der Waals surface area (Å²) >= 11 is 0. The molecular weight excluding hydrogens is 372 g/mol. The number of unbranched alkanes of at least 4 members (excludes halogenated alkanes) is 6. The molecule has 0 unspecified atom stereocenters. The molecule has 2 aromatic carbocycles. The molecule has 0 atom stereocenters. The van der Waals surface area contributed by atoms with Crippen molar-refractivity contribution in [2.75, 3.05) is 13.2 Å². The van der Waals surface area contributed by atoms with Crippen molar-refractivity contribution in [3.63, 3.8) is 0 Å². The largest absolute Gasteiger partial charge is 0.494 e. The SMILES string of the molecule is C#CC(O)(c1ccc(OCCCCCC)cc1)c1ccc(OCCCCCC)cc1. The average Bonchev–Trinajstić information content (AvgIpc) is 2.79. The van der Waals surface area contributed by atoms with E-state index in [-0.39, 0.29) is 0 Å². The number of benzene rings is 2. The maximum atomic E-state index is 11.2. The molecule has 0 heterocycles. The average molecular weight is 409 g/mol. The molecule has 0 aliphatic heterocycles. The normalized spacial score (nSPS) is 11.1. The third-order valence-electron chi connectivity index (χ3n) is 5.29. The van der Waals surface area contributed by atoms with Crippen molar-refractivity contribution in [2.24, 2.45) is 0 Å². The topological polar surface area (TPSA) is 38.7 Å². The fourth-order valence-corrected chi connectivity index (χ4v) is 3.36. The molecule has 162 valence electrons. The second-order valence-electron chi connectivity index (χ2n) is 7.72. The van der Waals surface area contributed by atoms with Gasteiger partial charge >= 0.3 is 0 Å². The number of terminal acetylenes is 1. The molecule has 0 saturated carbocycles. The quantitative estimate of drug-likeness (QED) is 0.287. The van der Waals surface area contributed by atoms with Crippen LogP contribution >= 0.6 is 0 Å². The van der Waals surface area contributed by atoms with Crippen LogP contribution in [0.1, 0.15) is 76.3 Å². The summed E-state index contributed by atoms with van der Waals surface area (Å²) in [5.41, 5.74) is -0.188. The van der Waals surface area contributed by atoms with E-state index in [1.165, 1.54) is 38.5 Å². The molecule has 0 aliphatic rings. The highest BCUT2D eigenvalue weighted by Gasteiger charge is 2.29. The van der Waals surface area contributed by atoms with Crippen LogP contribution in [0.3, 0.4) is 0 Å². The summed E-state index contributed by atoms with van der Waals surface area (Å²) in [6, 6.07) is 14.8. The third-order valence-corrected chi connectivity index (χ3v) is 5.29. The van der Waals surface area contributed by atoms with Crippen LogP contribution in [-0.2, 0) is 5.60 Å². The Bertz CT molecular complexity index is 699. The van der Waals surface area contributed by atoms with Crippen LogP contribution < -0.4 is 9.47 Å². The van der Waals surface area contributed by atoms with E-state index in [1.807, 2.05) is 48.5 Å². The summed E-state index contributed by atoms with van der Waals surface area (Å²) in [5, 5.41) is 11.2. The smallest absolute Gasteiger partial charge is 0.176 e. The van der Waals surface area contributed by atoms with Crippen molar-refractivity contribution in [1.82, 2.24) is 0 Å². The van der Waals surface area contributed by atoms with Crippen LogP contribution in [0.2, 0.25) is 0 Å². The molecule has 0 bridgehead atoms. The van der Waals surface area contributed by atoms with Crippen molar-refractivity contribution < 1.29 is 14.6 Å². The van der Waals surface area contributed by atoms with E-state index < -0.39 is 5.60 Å². The van der Waals surface area contributed by atoms with Gasteiger partial charge in [-0.25, -0.2) is 0 Å². The Labute approximate surface area is 182 Å². The first-order valence-corrected chi connectivity index (χ1v) is 11.3. The van der Waals surface area contributed by atoms with Crippen molar-refractivity contribution in [3.8, 4) is 23.8 Å². The van der Waals surface area contributed by atoms with Gasteiger partial charge in [-0.3, -0.25) is 0 Å². The van der Waals surface area contributed by atoms with Gasteiger partial charge in [0.15, 0.2) is 5.60 Å². The van der Waals surface area contributed by atoms with Crippen LogP contribution in [0.5, 0.6) is 11.5 Å². The molecule has 2 aromatic rings. The van der Waals surface area contributed by atoms with E-state index in [9.17, 15) is 5.11 Å². The Morgan fingerprint density at radius 2 is 1.10 bits per heavy atom. The molecule has 0 saturated heterocycles. The highest BCUT2D eigenvalue weighted by atomic mass is 16.5. The number of aliphatic hydroxyl groups is 1. The first-order valence-electron chi connectivity index (χ1n) is 11.3. The maximum Gasteiger partial charge on any atom is 0.176 e. The number of rotatable bonds is 14. The molecule has 0 radical (unpaired) electrons. The monoisotopic (exact) mass is 408 g/mol. The van der Waals surface area contributed by atoms with Gasteiger partial charge in [-0.05, 0) is 37.1 Å². The molecule has 0 spiro atoms. The van der Waals surface area contributed by atoms with E-state index in [0.29, 0.717) is 24.3 Å². The van der Waals surface area contributed by atoms with Gasteiger partial charge in [0.1, 0.15) is 11.5 Å². The summed E-state index contributed by atoms with van der Waals surface area (Å²) in [5.74, 6) is 4.14. The Morgan fingerprint density at radius 1 is 0.700 bits per heavy atom. The first-order chi connectivity index (χ1) is 14.6. The van der Waals surface area contributed by atoms with Gasteiger partial charge < -0.3 is 14.6 Å². The molecular formula is C27H36O3. The third kappa shape index (κ3) is 7.11. The summed E-state index contributed by atoms with van der Waals surface area (Å²) in [7, 11) is 0. The molecule has 0 amide bonds. The number of ether oxygens (including phenoxy) is 2. The van der Waals surface area contributed by atoms with E-state index in [1.54, 1.807) is 0 Å². The zero-order chi connectivity index (χ0) is 21.7. The zero-order valence-electron chi connectivity index (χ0n) is 18.5. The predicted molar refractivity (Wildman–Crippen MR) is 124 cm³/mol. The van der Waals surface area contributed by atoms with Gasteiger partial charge in [0.2, 0.25) is 0 Å². The van der Waals surface area contributed by atoms with Gasteiger partial charge in [0, 0.05) is 11.1 Å². The Morgan fingerprint density at radius 3 is 1.43 bits per heavy atom. The molecule has 0 aromatic heterocycles. The molecule has 2 rings (SSSR count). The van der Waals surface area contributed by atoms with E-state index in [2.05, 4.69) is 19.8 Å². The minimum atomic E-state index is -1.49. The fourth-order valence-electron chi connectivity index (χ4n) is 3.36. The van der Waals surface area contributed by atoms with Crippen molar-refractivity contribution in [1.29, 1.82) is 0 Å². The van der Waals surface area contributed by atoms with Crippen LogP contribution in [0.4, 0.5) is 0 Å². The Kier molecular flexibility index (Phi) is 10.3. The lowest BCUT2D eigenvalue weighted by molar-refractivity contribution is 0.145. The summed E-state index contributed by atoms with van der Waals surface area (Å²) in [4.78, 5) is 0. The van der Waals surface area contributed by atoms with Crippen LogP contribution in [0.15, 0.2) is 48.5 Å². The Hall–Kier alpha value is -2.44. The van der Waals surface area contributed by atoms with Crippen LogP contribution in [0.25, 0.3) is 0 Å². The highest BCUT2D eigenvalue weighted by molar-refractivity contribution is 5.46. The lowest BCUT2D eigenvalue weighted by Crippen LogP contribution is -2.24. The number of hydrogen-bond donors (Lipinski definition) is 1. The van der Waals surface area contributed by atoms with Gasteiger partial charge in [-0.15, -0.1) is 6.42 Å². The standard InChI is InChI=1S/C27H36O3/c1-4-7-9-11-21-29-25-17-13-23(14-18-25)27(28,6-3)24-15-19-26(20-16-24)30-22-12-10-8-5-2/h3,13-20,28H,4-5,7-12,21-22H2,1-2H3. The second-order valence-corrected chi connectivity index (χ2v) is 7.72. The molecule has 0 aliphatic carbocycles. The summed E-state index contributed by atoms with van der Waals surface area (Å²) < 4.78 is 11.6. The molecule has 1 N–H and O–H groups in total. The van der Waals surface area contributed by atoms with Crippen LogP contribution in [-0.4, -0.2) is 18.3 Å². The Balaban J connectivity index is 1.96. The lowest BCUT2D eigenvalue weighted by Gasteiger charge is -2.24. The molecule has 3 nitrogen and oxygen atoms in total. The van der Waals surface area contributed by atoms with Gasteiger partial charge in [-0.1, -0.05) is 82.6 Å². The predicted octanol–water partition coefficient (Wildman–Crippen LogP) is 6.47. The minimum Gasteiger partial charge on any atom is -0.494 e. The van der Waals surface area contributed by atoms with Gasteiger partial charge in [0.25, 0.3) is 0 Å². The molecule has 30 heavy (non-hydrogen) atoms. The number of hydrogen-bond acceptors (Lipinski definition) is 3. The summed E-state index contributed by atoms with van der Waals surface area (Å²) in [6.07, 6.45) is 15.1. The van der Waals surface area contributed by atoms with Crippen molar-refractivity contribution in [2.45, 2.75) is 70.8 Å². The first kappa shape index (κ1) is 23.8. The van der Waals surface area contributed by atoms with E-state index >= 15 is 0 Å². The van der Waals surface area contributed by atoms with Gasteiger partial charge in [-0.2, -0.15) is 0 Å². The van der Waals surface area contributed by atoms with Crippen LogP contribution in [0, 0.1) is 12.3 Å².